The molecule has 2 aromatic rings. The topological polar surface area (TPSA) is 124 Å². The number of fused-ring (bicyclic) bond motifs is 1. The largest absolute Gasteiger partial charge is 0.453 e. The molecule has 0 amide bonds. The molecule has 0 aliphatic carbocycles. The van der Waals surface area contributed by atoms with Crippen LogP contribution in [0.5, 0.6) is 0 Å². The summed E-state index contributed by atoms with van der Waals surface area (Å²) in [5.41, 5.74) is 10.6. The zero-order chi connectivity index (χ0) is 17.6. The molecule has 128 valence electrons. The molecular weight excluding hydrogens is 324 g/mol. The second-order valence-electron chi connectivity index (χ2n) is 6.14. The van der Waals surface area contributed by atoms with Crippen LogP contribution in [0.15, 0.2) is 29.5 Å². The van der Waals surface area contributed by atoms with Crippen molar-refractivity contribution in [2.75, 3.05) is 17.8 Å². The molecule has 0 spiro atoms. The first-order valence-corrected chi connectivity index (χ1v) is 7.65. The van der Waals surface area contributed by atoms with Gasteiger partial charge >= 0.3 is 5.97 Å². The van der Waals surface area contributed by atoms with Gasteiger partial charge in [-0.2, -0.15) is 4.98 Å². The summed E-state index contributed by atoms with van der Waals surface area (Å²) in [5, 5.41) is 7.04. The van der Waals surface area contributed by atoms with E-state index in [0.717, 1.165) is 11.3 Å². The molecule has 9 heteroatoms. The molecular formula is C16H16N6O3. The molecule has 0 atom stereocenters. The molecule has 25 heavy (non-hydrogen) atoms. The highest BCUT2D eigenvalue weighted by atomic mass is 16.6. The average Bonchev–Trinajstić information content (AvgIpc) is 3.15. The number of cyclic esters (lactones) is 1. The Bertz CT molecular complexity index is 909. The lowest BCUT2D eigenvalue weighted by Gasteiger charge is -2.18. The normalized spacial score (nSPS) is 17.2. The fourth-order valence-corrected chi connectivity index (χ4v) is 2.76. The monoisotopic (exact) mass is 340 g/mol. The van der Waals surface area contributed by atoms with Crippen molar-refractivity contribution in [1.29, 1.82) is 0 Å². The van der Waals surface area contributed by atoms with Crippen molar-refractivity contribution in [3.63, 3.8) is 0 Å². The number of carbonyl (C=O) groups excluding carboxylic acids is 1. The van der Waals surface area contributed by atoms with E-state index in [0.29, 0.717) is 29.7 Å². The third kappa shape index (κ3) is 2.59. The van der Waals surface area contributed by atoms with Crippen LogP contribution >= 0.6 is 0 Å². The summed E-state index contributed by atoms with van der Waals surface area (Å²) in [5.74, 6) is 0.622. The molecule has 0 bridgehead atoms. The average molecular weight is 340 g/mol. The highest BCUT2D eigenvalue weighted by Crippen LogP contribution is 2.37. The Kier molecular flexibility index (Phi) is 3.24. The Morgan fingerprint density at radius 3 is 2.88 bits per heavy atom. The van der Waals surface area contributed by atoms with Gasteiger partial charge in [-0.15, -0.1) is 5.10 Å². The Labute approximate surface area is 143 Å². The second kappa shape index (κ2) is 5.33. The molecule has 1 aromatic heterocycles. The maximum atomic E-state index is 11.8. The van der Waals surface area contributed by atoms with E-state index < -0.39 is 5.60 Å². The summed E-state index contributed by atoms with van der Waals surface area (Å²) < 4.78 is 10.6. The number of anilines is 3. The van der Waals surface area contributed by atoms with Crippen LogP contribution in [-0.2, 0) is 15.1 Å². The Morgan fingerprint density at radius 1 is 1.32 bits per heavy atom. The number of hydrogen-bond acceptors (Lipinski definition) is 9. The Hall–Kier alpha value is -3.36. The third-order valence-electron chi connectivity index (χ3n) is 3.99. The van der Waals surface area contributed by atoms with Crippen molar-refractivity contribution < 1.29 is 14.3 Å². The molecule has 0 saturated heterocycles. The molecule has 4 rings (SSSR count). The van der Waals surface area contributed by atoms with E-state index in [2.05, 4.69) is 25.8 Å². The number of hydrogen-bond donors (Lipinski definition) is 3. The third-order valence-corrected chi connectivity index (χ3v) is 3.99. The van der Waals surface area contributed by atoms with Gasteiger partial charge in [-0.05, 0) is 32.0 Å². The van der Waals surface area contributed by atoms with Gasteiger partial charge in [0.25, 0.3) is 0 Å². The summed E-state index contributed by atoms with van der Waals surface area (Å²) in [6.07, 6.45) is 1.54. The first-order valence-electron chi connectivity index (χ1n) is 7.65. The van der Waals surface area contributed by atoms with Gasteiger partial charge in [0.1, 0.15) is 11.4 Å². The molecule has 1 aromatic carbocycles. The molecule has 2 aliphatic rings. The van der Waals surface area contributed by atoms with Crippen LogP contribution < -0.4 is 16.5 Å². The minimum absolute atomic E-state index is 0.250. The van der Waals surface area contributed by atoms with E-state index in [4.69, 9.17) is 15.2 Å². The number of carbonyl (C=O) groups is 1. The zero-order valence-electron chi connectivity index (χ0n) is 13.7. The molecule has 0 unspecified atom stereocenters. The molecule has 3 heterocycles. The van der Waals surface area contributed by atoms with Gasteiger partial charge in [0.05, 0.1) is 11.1 Å². The highest BCUT2D eigenvalue weighted by molar-refractivity contribution is 5.98. The number of ether oxygens (including phenoxy) is 2. The van der Waals surface area contributed by atoms with Gasteiger partial charge in [-0.3, -0.25) is 5.43 Å². The first-order chi connectivity index (χ1) is 11.9. The van der Waals surface area contributed by atoms with Gasteiger partial charge in [0.2, 0.25) is 11.8 Å². The van der Waals surface area contributed by atoms with Crippen LogP contribution in [0.4, 0.5) is 17.5 Å². The number of nitrogens with two attached hydrogens (primary N) is 1. The van der Waals surface area contributed by atoms with Crippen molar-refractivity contribution in [2.24, 2.45) is 5.10 Å². The minimum Gasteiger partial charge on any atom is -0.453 e. The minimum atomic E-state index is -0.668. The van der Waals surface area contributed by atoms with Crippen molar-refractivity contribution >= 4 is 29.3 Å². The number of benzene rings is 1. The fraction of sp³-hybridized carbons (Fsp3) is 0.250. The summed E-state index contributed by atoms with van der Waals surface area (Å²) in [6.45, 7) is 3.99. The van der Waals surface area contributed by atoms with E-state index in [9.17, 15) is 4.79 Å². The fourth-order valence-electron chi connectivity index (χ4n) is 2.76. The number of hydrazone groups is 1. The van der Waals surface area contributed by atoms with E-state index in [-0.39, 0.29) is 11.8 Å². The van der Waals surface area contributed by atoms with Crippen LogP contribution in [0, 0.1) is 0 Å². The lowest BCUT2D eigenvalue weighted by atomic mass is 9.95. The summed E-state index contributed by atoms with van der Waals surface area (Å²) >= 11 is 0. The Balaban J connectivity index is 1.61. The van der Waals surface area contributed by atoms with Crippen LogP contribution in [0.2, 0.25) is 0 Å². The number of esters is 1. The van der Waals surface area contributed by atoms with E-state index in [1.165, 1.54) is 0 Å². The number of rotatable bonds is 3. The van der Waals surface area contributed by atoms with Gasteiger partial charge in [0, 0.05) is 17.4 Å². The van der Waals surface area contributed by atoms with Crippen LogP contribution in [-0.4, -0.2) is 28.6 Å². The maximum absolute atomic E-state index is 11.8. The lowest BCUT2D eigenvalue weighted by Crippen LogP contribution is -2.16. The highest BCUT2D eigenvalue weighted by Gasteiger charge is 2.37. The standard InChI is InChI=1S/C16H16N6O3/c1-16(2)11-5-8(3-4-9(11)14(23)25-16)20-15-18-6-10(12(17)21-15)13-22-19-7-24-13/h3-6,19H,7H2,1-2H3,(H3,17,18,20,21). The predicted molar refractivity (Wildman–Crippen MR) is 90.2 cm³/mol. The lowest BCUT2D eigenvalue weighted by molar-refractivity contribution is 0.00955. The number of aromatic nitrogens is 2. The number of nitrogen functional groups attached to an aromatic ring is 1. The van der Waals surface area contributed by atoms with Gasteiger partial charge in [-0.1, -0.05) is 0 Å². The van der Waals surface area contributed by atoms with Crippen LogP contribution in [0.1, 0.15) is 35.3 Å². The van der Waals surface area contributed by atoms with Gasteiger partial charge < -0.3 is 20.5 Å². The van der Waals surface area contributed by atoms with Crippen LogP contribution in [0.3, 0.4) is 0 Å². The van der Waals surface area contributed by atoms with Gasteiger partial charge in [-0.25, -0.2) is 9.78 Å². The van der Waals surface area contributed by atoms with Crippen molar-refractivity contribution in [3.05, 3.63) is 41.1 Å². The van der Waals surface area contributed by atoms with Crippen molar-refractivity contribution in [3.8, 4) is 0 Å². The van der Waals surface area contributed by atoms with Crippen LogP contribution in [0.25, 0.3) is 0 Å². The zero-order valence-corrected chi connectivity index (χ0v) is 13.7. The van der Waals surface area contributed by atoms with Crippen molar-refractivity contribution in [2.45, 2.75) is 19.4 Å². The smallest absolute Gasteiger partial charge is 0.339 e. The predicted octanol–water partition coefficient (Wildman–Crippen LogP) is 1.45. The molecule has 0 fully saturated rings. The summed E-state index contributed by atoms with van der Waals surface area (Å²) in [4.78, 5) is 20.3. The maximum Gasteiger partial charge on any atom is 0.339 e. The summed E-state index contributed by atoms with van der Waals surface area (Å²) in [7, 11) is 0. The molecule has 2 aliphatic heterocycles. The van der Waals surface area contributed by atoms with E-state index >= 15 is 0 Å². The number of nitrogens with zero attached hydrogens (tertiary/aromatic N) is 3. The first kappa shape index (κ1) is 15.2. The molecule has 0 radical (unpaired) electrons. The van der Waals surface area contributed by atoms with Gasteiger partial charge in [0.15, 0.2) is 6.73 Å². The SMILES string of the molecule is CC1(C)OC(=O)c2ccc(Nc3ncc(C4=NNCO4)c(N)n3)cc21. The van der Waals surface area contributed by atoms with E-state index in [1.54, 1.807) is 18.3 Å². The second-order valence-corrected chi connectivity index (χ2v) is 6.14. The molecule has 9 nitrogen and oxygen atoms in total. The van der Waals surface area contributed by atoms with E-state index in [1.807, 2.05) is 19.9 Å². The van der Waals surface area contributed by atoms with Crippen molar-refractivity contribution in [1.82, 2.24) is 15.4 Å². The Morgan fingerprint density at radius 2 is 2.16 bits per heavy atom. The number of nitrogens with one attached hydrogen (secondary N) is 2. The molecule has 4 N–H and O–H groups in total. The summed E-state index contributed by atoms with van der Waals surface area (Å²) in [6, 6.07) is 5.34. The molecule has 0 saturated carbocycles. The quantitative estimate of drug-likeness (QED) is 0.717.